The lowest BCUT2D eigenvalue weighted by molar-refractivity contribution is -0.118. The SMILES string of the molecule is Cc1ccc(-c2nnc(SCC(=O)NC[C@H](C)c3ccccc3)o2)cc1C. The number of benzene rings is 2. The molecule has 3 aromatic rings. The van der Waals surface area contributed by atoms with Gasteiger partial charge in [-0.2, -0.15) is 0 Å². The lowest BCUT2D eigenvalue weighted by Gasteiger charge is -2.12. The molecule has 1 heterocycles. The van der Waals surface area contributed by atoms with Crippen LogP contribution in [0.5, 0.6) is 0 Å². The molecule has 6 heteroatoms. The van der Waals surface area contributed by atoms with Crippen LogP contribution < -0.4 is 5.32 Å². The summed E-state index contributed by atoms with van der Waals surface area (Å²) >= 11 is 1.25. The molecule has 0 saturated carbocycles. The van der Waals surface area contributed by atoms with Crippen LogP contribution in [0, 0.1) is 13.8 Å². The number of hydrogen-bond acceptors (Lipinski definition) is 5. The Morgan fingerprint density at radius 2 is 1.89 bits per heavy atom. The Kier molecular flexibility index (Phi) is 6.29. The van der Waals surface area contributed by atoms with E-state index in [4.69, 9.17) is 4.42 Å². The summed E-state index contributed by atoms with van der Waals surface area (Å²) in [5.41, 5.74) is 4.49. The maximum absolute atomic E-state index is 12.1. The van der Waals surface area contributed by atoms with Gasteiger partial charge in [-0.05, 0) is 48.6 Å². The second-order valence-corrected chi connectivity index (χ2v) is 7.50. The summed E-state index contributed by atoms with van der Waals surface area (Å²) < 4.78 is 5.67. The number of amides is 1. The fraction of sp³-hybridized carbons (Fsp3) is 0.286. The normalized spacial score (nSPS) is 12.0. The number of thioether (sulfide) groups is 1. The van der Waals surface area contributed by atoms with Crippen molar-refractivity contribution in [2.24, 2.45) is 0 Å². The summed E-state index contributed by atoms with van der Waals surface area (Å²) in [6.07, 6.45) is 0. The lowest BCUT2D eigenvalue weighted by atomic mass is 10.0. The van der Waals surface area contributed by atoms with E-state index >= 15 is 0 Å². The van der Waals surface area contributed by atoms with Crippen LogP contribution in [0.3, 0.4) is 0 Å². The average Bonchev–Trinajstić information content (AvgIpc) is 3.16. The van der Waals surface area contributed by atoms with Crippen molar-refractivity contribution in [1.29, 1.82) is 0 Å². The third kappa shape index (κ3) is 5.20. The third-order valence-electron chi connectivity index (χ3n) is 4.46. The molecule has 0 bridgehead atoms. The first kappa shape index (κ1) is 19.2. The van der Waals surface area contributed by atoms with Gasteiger partial charge in [0.1, 0.15) is 0 Å². The van der Waals surface area contributed by atoms with Crippen LogP contribution in [0.15, 0.2) is 58.2 Å². The average molecular weight is 382 g/mol. The molecule has 0 unspecified atom stereocenters. The Balaban J connectivity index is 1.49. The van der Waals surface area contributed by atoms with E-state index in [2.05, 4.69) is 41.5 Å². The fourth-order valence-corrected chi connectivity index (χ4v) is 3.20. The first-order chi connectivity index (χ1) is 13.0. The highest BCUT2D eigenvalue weighted by Gasteiger charge is 2.13. The lowest BCUT2D eigenvalue weighted by Crippen LogP contribution is -2.28. The molecule has 0 aliphatic carbocycles. The molecule has 0 fully saturated rings. The van der Waals surface area contributed by atoms with Gasteiger partial charge in [-0.3, -0.25) is 4.79 Å². The van der Waals surface area contributed by atoms with Gasteiger partial charge in [0.05, 0.1) is 5.75 Å². The van der Waals surface area contributed by atoms with E-state index in [0.29, 0.717) is 17.7 Å². The number of aryl methyl sites for hydroxylation is 2. The monoisotopic (exact) mass is 381 g/mol. The van der Waals surface area contributed by atoms with Crippen LogP contribution in [0.25, 0.3) is 11.5 Å². The number of nitrogens with zero attached hydrogens (tertiary/aromatic N) is 2. The largest absolute Gasteiger partial charge is 0.411 e. The molecule has 0 aliphatic rings. The zero-order valence-corrected chi connectivity index (χ0v) is 16.5. The van der Waals surface area contributed by atoms with E-state index < -0.39 is 0 Å². The van der Waals surface area contributed by atoms with Crippen molar-refractivity contribution in [3.8, 4) is 11.5 Å². The highest BCUT2D eigenvalue weighted by molar-refractivity contribution is 7.99. The molecule has 27 heavy (non-hydrogen) atoms. The predicted molar refractivity (Wildman–Crippen MR) is 108 cm³/mol. The predicted octanol–water partition coefficient (Wildman–Crippen LogP) is 4.37. The number of rotatable bonds is 7. The van der Waals surface area contributed by atoms with Crippen molar-refractivity contribution in [3.05, 3.63) is 65.2 Å². The molecule has 0 saturated heterocycles. The first-order valence-corrected chi connectivity index (χ1v) is 9.87. The van der Waals surface area contributed by atoms with E-state index in [0.717, 1.165) is 5.56 Å². The molecule has 0 aliphatic heterocycles. The van der Waals surface area contributed by atoms with Crippen molar-refractivity contribution in [2.45, 2.75) is 31.9 Å². The van der Waals surface area contributed by atoms with E-state index in [1.807, 2.05) is 43.3 Å². The zero-order valence-electron chi connectivity index (χ0n) is 15.7. The van der Waals surface area contributed by atoms with E-state index in [-0.39, 0.29) is 17.6 Å². The molecule has 3 rings (SSSR count). The summed E-state index contributed by atoms with van der Waals surface area (Å²) in [4.78, 5) is 12.1. The molecule has 5 nitrogen and oxygen atoms in total. The van der Waals surface area contributed by atoms with Crippen LogP contribution >= 0.6 is 11.8 Å². The second kappa shape index (κ2) is 8.86. The number of nitrogens with one attached hydrogen (secondary N) is 1. The summed E-state index contributed by atoms with van der Waals surface area (Å²) in [5.74, 6) is 0.933. The molecule has 0 spiro atoms. The summed E-state index contributed by atoms with van der Waals surface area (Å²) in [5, 5.41) is 11.5. The van der Waals surface area contributed by atoms with Gasteiger partial charge < -0.3 is 9.73 Å². The van der Waals surface area contributed by atoms with Crippen LogP contribution in [0.1, 0.15) is 29.5 Å². The quantitative estimate of drug-likeness (QED) is 0.616. The van der Waals surface area contributed by atoms with Gasteiger partial charge in [-0.25, -0.2) is 0 Å². The minimum absolute atomic E-state index is 0.0475. The van der Waals surface area contributed by atoms with Crippen molar-refractivity contribution in [2.75, 3.05) is 12.3 Å². The van der Waals surface area contributed by atoms with E-state index in [1.165, 1.54) is 28.5 Å². The molecular formula is C21H23N3O2S. The molecule has 2 aromatic carbocycles. The molecule has 1 atom stereocenters. The summed E-state index contributed by atoms with van der Waals surface area (Å²) in [6, 6.07) is 16.1. The Bertz CT molecular complexity index is 909. The van der Waals surface area contributed by atoms with Gasteiger partial charge in [0, 0.05) is 12.1 Å². The van der Waals surface area contributed by atoms with Crippen LogP contribution in [-0.2, 0) is 4.79 Å². The summed E-state index contributed by atoms with van der Waals surface area (Å²) in [6.45, 7) is 6.80. The Morgan fingerprint density at radius 1 is 1.11 bits per heavy atom. The topological polar surface area (TPSA) is 68.0 Å². The summed E-state index contributed by atoms with van der Waals surface area (Å²) in [7, 11) is 0. The van der Waals surface area contributed by atoms with Gasteiger partial charge in [0.15, 0.2) is 0 Å². The third-order valence-corrected chi connectivity index (χ3v) is 5.28. The van der Waals surface area contributed by atoms with Gasteiger partial charge in [0.2, 0.25) is 11.8 Å². The molecular weight excluding hydrogens is 358 g/mol. The minimum Gasteiger partial charge on any atom is -0.411 e. The maximum Gasteiger partial charge on any atom is 0.277 e. The molecule has 1 aromatic heterocycles. The first-order valence-electron chi connectivity index (χ1n) is 8.88. The van der Waals surface area contributed by atoms with Crippen molar-refractivity contribution in [1.82, 2.24) is 15.5 Å². The van der Waals surface area contributed by atoms with Gasteiger partial charge in [-0.15, -0.1) is 10.2 Å². The second-order valence-electron chi connectivity index (χ2n) is 6.58. The fourth-order valence-electron chi connectivity index (χ4n) is 2.60. The van der Waals surface area contributed by atoms with Crippen LogP contribution in [0.4, 0.5) is 0 Å². The van der Waals surface area contributed by atoms with Crippen LogP contribution in [-0.4, -0.2) is 28.4 Å². The number of carbonyl (C=O) groups is 1. The Labute approximate surface area is 163 Å². The smallest absolute Gasteiger partial charge is 0.277 e. The Hall–Kier alpha value is -2.60. The number of carbonyl (C=O) groups excluding carboxylic acids is 1. The molecule has 140 valence electrons. The maximum atomic E-state index is 12.1. The highest BCUT2D eigenvalue weighted by atomic mass is 32.2. The van der Waals surface area contributed by atoms with E-state index in [9.17, 15) is 4.79 Å². The molecule has 1 N–H and O–H groups in total. The van der Waals surface area contributed by atoms with E-state index in [1.54, 1.807) is 0 Å². The molecule has 0 radical (unpaired) electrons. The van der Waals surface area contributed by atoms with Crippen molar-refractivity contribution in [3.63, 3.8) is 0 Å². The van der Waals surface area contributed by atoms with Gasteiger partial charge in [-0.1, -0.05) is 55.1 Å². The number of aromatic nitrogens is 2. The van der Waals surface area contributed by atoms with Crippen LogP contribution in [0.2, 0.25) is 0 Å². The zero-order chi connectivity index (χ0) is 19.2. The molecule has 1 amide bonds. The Morgan fingerprint density at radius 3 is 2.63 bits per heavy atom. The minimum atomic E-state index is -0.0475. The van der Waals surface area contributed by atoms with Crippen molar-refractivity contribution < 1.29 is 9.21 Å². The standard InChI is InChI=1S/C21H23N3O2S/c1-14-9-10-18(11-15(14)2)20-23-24-21(26-20)27-13-19(25)22-12-16(3)17-7-5-4-6-8-17/h4-11,16H,12-13H2,1-3H3,(H,22,25)/t16-/m0/s1. The van der Waals surface area contributed by atoms with Gasteiger partial charge in [0.25, 0.3) is 5.22 Å². The number of hydrogen-bond donors (Lipinski definition) is 1. The van der Waals surface area contributed by atoms with Gasteiger partial charge >= 0.3 is 0 Å². The highest BCUT2D eigenvalue weighted by Crippen LogP contribution is 2.24. The van der Waals surface area contributed by atoms with Crippen molar-refractivity contribution >= 4 is 17.7 Å².